The van der Waals surface area contributed by atoms with E-state index in [1.54, 1.807) is 10.9 Å². The first-order valence-electron chi connectivity index (χ1n) is 11.6. The molecule has 2 N–H and O–H groups in total. The molecule has 0 spiro atoms. The van der Waals surface area contributed by atoms with Gasteiger partial charge >= 0.3 is 0 Å². The molecule has 0 aliphatic carbocycles. The molecule has 170 valence electrons. The van der Waals surface area contributed by atoms with Crippen molar-refractivity contribution in [1.82, 2.24) is 14.8 Å². The van der Waals surface area contributed by atoms with Crippen LogP contribution in [-0.2, 0) is 6.54 Å². The van der Waals surface area contributed by atoms with Crippen molar-refractivity contribution in [3.8, 4) is 27.9 Å². The van der Waals surface area contributed by atoms with Crippen molar-refractivity contribution in [2.45, 2.75) is 13.5 Å². The number of benzene rings is 4. The van der Waals surface area contributed by atoms with Crippen LogP contribution in [0.1, 0.15) is 11.3 Å². The van der Waals surface area contributed by atoms with Crippen molar-refractivity contribution in [2.24, 2.45) is 5.73 Å². The predicted octanol–water partition coefficient (Wildman–Crippen LogP) is 6.81. The summed E-state index contributed by atoms with van der Waals surface area (Å²) >= 11 is 0. The van der Waals surface area contributed by atoms with Crippen LogP contribution in [0.25, 0.3) is 49.7 Å². The number of rotatable bonds is 4. The van der Waals surface area contributed by atoms with Crippen LogP contribution in [0.2, 0.25) is 0 Å². The standard InChI is InChI=1S/C30H23FN4/c1-19-26-12-13-27(29(31)30(26)35(34-19)25-6-2-4-20(16-25)18-32)22-9-7-21(8-10-22)23-11-14-28-24(17-23)5-3-15-33-28/h2-17H,18,32H2,1H3. The molecule has 4 aromatic carbocycles. The lowest BCUT2D eigenvalue weighted by atomic mass is 9.98. The maximum Gasteiger partial charge on any atom is 0.157 e. The lowest BCUT2D eigenvalue weighted by molar-refractivity contribution is 0.635. The maximum atomic E-state index is 16.0. The minimum atomic E-state index is -0.286. The van der Waals surface area contributed by atoms with E-state index < -0.39 is 0 Å². The Morgan fingerprint density at radius 1 is 0.829 bits per heavy atom. The van der Waals surface area contributed by atoms with Crippen molar-refractivity contribution in [1.29, 1.82) is 0 Å². The van der Waals surface area contributed by atoms with Crippen molar-refractivity contribution >= 4 is 21.8 Å². The molecule has 4 nitrogen and oxygen atoms in total. The van der Waals surface area contributed by atoms with Crippen LogP contribution in [-0.4, -0.2) is 14.8 Å². The number of hydrogen-bond donors (Lipinski definition) is 1. The summed E-state index contributed by atoms with van der Waals surface area (Å²) in [5.41, 5.74) is 13.3. The molecule has 6 aromatic rings. The van der Waals surface area contributed by atoms with Crippen LogP contribution < -0.4 is 5.73 Å². The topological polar surface area (TPSA) is 56.7 Å². The number of nitrogens with two attached hydrogens (primary N) is 1. The fourth-order valence-electron chi connectivity index (χ4n) is 4.64. The van der Waals surface area contributed by atoms with E-state index in [0.717, 1.165) is 49.9 Å². The second-order valence-corrected chi connectivity index (χ2v) is 8.68. The molecule has 0 radical (unpaired) electrons. The Morgan fingerprint density at radius 2 is 1.63 bits per heavy atom. The van der Waals surface area contributed by atoms with Gasteiger partial charge in [-0.25, -0.2) is 9.07 Å². The number of pyridine rings is 1. The number of nitrogens with zero attached hydrogens (tertiary/aromatic N) is 3. The van der Waals surface area contributed by atoms with Gasteiger partial charge < -0.3 is 5.73 Å². The van der Waals surface area contributed by atoms with E-state index in [9.17, 15) is 0 Å². The predicted molar refractivity (Wildman–Crippen MR) is 140 cm³/mol. The molecule has 0 saturated carbocycles. The lowest BCUT2D eigenvalue weighted by Crippen LogP contribution is -2.02. The highest BCUT2D eigenvalue weighted by Gasteiger charge is 2.18. The third-order valence-corrected chi connectivity index (χ3v) is 6.49. The highest BCUT2D eigenvalue weighted by molar-refractivity contribution is 5.89. The smallest absolute Gasteiger partial charge is 0.157 e. The second kappa shape index (κ2) is 8.46. The van der Waals surface area contributed by atoms with Crippen LogP contribution in [0.3, 0.4) is 0 Å². The third-order valence-electron chi connectivity index (χ3n) is 6.49. The number of hydrogen-bond acceptors (Lipinski definition) is 3. The van der Waals surface area contributed by atoms with Crippen molar-refractivity contribution < 1.29 is 4.39 Å². The number of fused-ring (bicyclic) bond motifs is 2. The van der Waals surface area contributed by atoms with E-state index in [2.05, 4.69) is 28.3 Å². The summed E-state index contributed by atoms with van der Waals surface area (Å²) in [6.07, 6.45) is 1.80. The minimum absolute atomic E-state index is 0.286. The van der Waals surface area contributed by atoms with Gasteiger partial charge in [0.15, 0.2) is 5.82 Å². The molecular weight excluding hydrogens is 435 g/mol. The SMILES string of the molecule is Cc1nn(-c2cccc(CN)c2)c2c(F)c(-c3ccc(-c4ccc5ncccc5c4)cc3)ccc12. The van der Waals surface area contributed by atoms with E-state index in [4.69, 9.17) is 5.73 Å². The normalized spacial score (nSPS) is 11.4. The van der Waals surface area contributed by atoms with Gasteiger partial charge in [0.05, 0.1) is 16.9 Å². The zero-order chi connectivity index (χ0) is 23.9. The Morgan fingerprint density at radius 3 is 2.46 bits per heavy atom. The molecule has 0 fully saturated rings. The summed E-state index contributed by atoms with van der Waals surface area (Å²) in [5, 5.41) is 6.53. The minimum Gasteiger partial charge on any atom is -0.326 e. The van der Waals surface area contributed by atoms with Gasteiger partial charge in [-0.3, -0.25) is 4.98 Å². The van der Waals surface area contributed by atoms with Crippen LogP contribution in [0, 0.1) is 12.7 Å². The summed E-state index contributed by atoms with van der Waals surface area (Å²) in [6, 6.07) is 29.7. The molecule has 35 heavy (non-hydrogen) atoms. The van der Waals surface area contributed by atoms with Crippen LogP contribution in [0.15, 0.2) is 97.2 Å². The first-order valence-corrected chi connectivity index (χ1v) is 11.6. The van der Waals surface area contributed by atoms with Gasteiger partial charge in [0.1, 0.15) is 5.52 Å². The second-order valence-electron chi connectivity index (χ2n) is 8.68. The van der Waals surface area contributed by atoms with Gasteiger partial charge in [0.25, 0.3) is 0 Å². The summed E-state index contributed by atoms with van der Waals surface area (Å²) in [7, 11) is 0. The summed E-state index contributed by atoms with van der Waals surface area (Å²) in [5.74, 6) is -0.286. The lowest BCUT2D eigenvalue weighted by Gasteiger charge is -2.10. The van der Waals surface area contributed by atoms with E-state index >= 15 is 4.39 Å². The Balaban J connectivity index is 1.43. The summed E-state index contributed by atoms with van der Waals surface area (Å²) in [6.45, 7) is 2.32. The molecule has 0 saturated heterocycles. The average molecular weight is 459 g/mol. The maximum absolute atomic E-state index is 16.0. The monoisotopic (exact) mass is 458 g/mol. The zero-order valence-corrected chi connectivity index (χ0v) is 19.2. The van der Waals surface area contributed by atoms with Gasteiger partial charge in [0.2, 0.25) is 0 Å². The quantitative estimate of drug-likeness (QED) is 0.316. The van der Waals surface area contributed by atoms with Crippen molar-refractivity contribution in [3.05, 3.63) is 114 Å². The van der Waals surface area contributed by atoms with Crippen LogP contribution in [0.5, 0.6) is 0 Å². The molecule has 0 bridgehead atoms. The molecule has 5 heteroatoms. The molecule has 0 amide bonds. The van der Waals surface area contributed by atoms with E-state index in [1.807, 2.05) is 79.7 Å². The van der Waals surface area contributed by atoms with Gasteiger partial charge in [-0.15, -0.1) is 0 Å². The summed E-state index contributed by atoms with van der Waals surface area (Å²) in [4.78, 5) is 4.39. The average Bonchev–Trinajstić information content (AvgIpc) is 3.26. The van der Waals surface area contributed by atoms with E-state index in [0.29, 0.717) is 17.6 Å². The fraction of sp³-hybridized carbons (Fsp3) is 0.0667. The Hall–Kier alpha value is -4.35. The van der Waals surface area contributed by atoms with E-state index in [1.165, 1.54) is 0 Å². The molecule has 0 unspecified atom stereocenters. The molecule has 2 aromatic heterocycles. The van der Waals surface area contributed by atoms with Gasteiger partial charge in [0, 0.05) is 29.1 Å². The number of aryl methyl sites for hydroxylation is 1. The zero-order valence-electron chi connectivity index (χ0n) is 19.2. The number of halogens is 1. The largest absolute Gasteiger partial charge is 0.326 e. The van der Waals surface area contributed by atoms with Gasteiger partial charge in [-0.05, 0) is 59.5 Å². The fourth-order valence-corrected chi connectivity index (χ4v) is 4.64. The van der Waals surface area contributed by atoms with Crippen molar-refractivity contribution in [3.63, 3.8) is 0 Å². The Bertz CT molecular complexity index is 1700. The van der Waals surface area contributed by atoms with Crippen LogP contribution >= 0.6 is 0 Å². The first kappa shape index (κ1) is 21.2. The highest BCUT2D eigenvalue weighted by atomic mass is 19.1. The molecule has 0 aliphatic rings. The molecule has 0 aliphatic heterocycles. The van der Waals surface area contributed by atoms with E-state index in [-0.39, 0.29) is 5.82 Å². The molecule has 0 atom stereocenters. The highest BCUT2D eigenvalue weighted by Crippen LogP contribution is 2.33. The third kappa shape index (κ3) is 3.66. The van der Waals surface area contributed by atoms with Gasteiger partial charge in [-0.1, -0.05) is 60.7 Å². The molecule has 6 rings (SSSR count). The van der Waals surface area contributed by atoms with Crippen molar-refractivity contribution in [2.75, 3.05) is 0 Å². The first-order chi connectivity index (χ1) is 17.1. The number of aromatic nitrogens is 3. The molecular formula is C30H23FN4. The Kier molecular flexibility index (Phi) is 5.12. The molecule has 2 heterocycles. The Labute approximate surface area is 202 Å². The van der Waals surface area contributed by atoms with Crippen LogP contribution in [0.4, 0.5) is 4.39 Å². The summed E-state index contributed by atoms with van der Waals surface area (Å²) < 4.78 is 17.7. The van der Waals surface area contributed by atoms with Gasteiger partial charge in [-0.2, -0.15) is 5.10 Å².